The zero-order valence-corrected chi connectivity index (χ0v) is 12.8. The van der Waals surface area contributed by atoms with Crippen LogP contribution in [0.1, 0.15) is 17.0 Å². The molecule has 0 aliphatic carbocycles. The van der Waals surface area contributed by atoms with Gasteiger partial charge >= 0.3 is 0 Å². The van der Waals surface area contributed by atoms with Crippen molar-refractivity contribution >= 4 is 11.8 Å². The summed E-state index contributed by atoms with van der Waals surface area (Å²) in [4.78, 5) is 17.8. The van der Waals surface area contributed by atoms with E-state index in [9.17, 15) is 0 Å². The number of pyridine rings is 1. The predicted molar refractivity (Wildman–Crippen MR) is 84.9 cm³/mol. The lowest BCUT2D eigenvalue weighted by Gasteiger charge is -2.35. The van der Waals surface area contributed by atoms with Crippen LogP contribution >= 0.6 is 0 Å². The molecule has 0 aromatic carbocycles. The van der Waals surface area contributed by atoms with Crippen LogP contribution in [0.3, 0.4) is 0 Å². The molecule has 0 N–H and O–H groups in total. The molecule has 1 aliphatic rings. The third kappa shape index (κ3) is 2.98. The monoisotopic (exact) mass is 294 g/mol. The van der Waals surface area contributed by atoms with E-state index in [-0.39, 0.29) is 0 Å². The molecule has 0 amide bonds. The maximum absolute atomic E-state index is 8.98. The fraction of sp³-hybridized carbons (Fsp3) is 0.375. The highest BCUT2D eigenvalue weighted by molar-refractivity contribution is 5.47. The van der Waals surface area contributed by atoms with Crippen LogP contribution in [-0.4, -0.2) is 41.1 Å². The van der Waals surface area contributed by atoms with Crippen LogP contribution in [0, 0.1) is 25.2 Å². The zero-order valence-electron chi connectivity index (χ0n) is 12.8. The molecule has 1 saturated heterocycles. The Morgan fingerprint density at radius 1 is 1.00 bits per heavy atom. The fourth-order valence-corrected chi connectivity index (χ4v) is 2.65. The van der Waals surface area contributed by atoms with Gasteiger partial charge in [-0.25, -0.2) is 15.0 Å². The highest BCUT2D eigenvalue weighted by atomic mass is 15.3. The second-order valence-corrected chi connectivity index (χ2v) is 5.44. The summed E-state index contributed by atoms with van der Waals surface area (Å²) in [6.07, 6.45) is 1.69. The van der Waals surface area contributed by atoms with E-state index in [4.69, 9.17) is 5.26 Å². The Morgan fingerprint density at radius 2 is 1.64 bits per heavy atom. The predicted octanol–water partition coefficient (Wildman–Crippen LogP) is 1.69. The minimum Gasteiger partial charge on any atom is -0.353 e. The molecule has 2 aromatic heterocycles. The highest BCUT2D eigenvalue weighted by Gasteiger charge is 2.20. The molecule has 0 bridgehead atoms. The van der Waals surface area contributed by atoms with Crippen molar-refractivity contribution in [1.29, 1.82) is 5.26 Å². The van der Waals surface area contributed by atoms with Gasteiger partial charge in [-0.15, -0.1) is 0 Å². The minimum atomic E-state index is 0.644. The SMILES string of the molecule is Cc1cc(C)nc(N2CCN(c3cc(C#N)ccn3)CC2)n1. The summed E-state index contributed by atoms with van der Waals surface area (Å²) in [7, 11) is 0. The first-order valence-corrected chi connectivity index (χ1v) is 7.34. The van der Waals surface area contributed by atoms with Gasteiger partial charge in [-0.3, -0.25) is 0 Å². The Balaban J connectivity index is 1.71. The third-order valence-corrected chi connectivity index (χ3v) is 3.73. The molecule has 112 valence electrons. The average molecular weight is 294 g/mol. The molecule has 1 aliphatic heterocycles. The van der Waals surface area contributed by atoms with E-state index in [0.29, 0.717) is 5.56 Å². The van der Waals surface area contributed by atoms with Crippen molar-refractivity contribution in [1.82, 2.24) is 15.0 Å². The van der Waals surface area contributed by atoms with Gasteiger partial charge in [-0.05, 0) is 32.0 Å². The number of rotatable bonds is 2. The summed E-state index contributed by atoms with van der Waals surface area (Å²) in [5, 5.41) is 8.98. The summed E-state index contributed by atoms with van der Waals surface area (Å²) >= 11 is 0. The lowest BCUT2D eigenvalue weighted by atomic mass is 10.2. The van der Waals surface area contributed by atoms with Crippen molar-refractivity contribution < 1.29 is 0 Å². The first-order valence-electron chi connectivity index (χ1n) is 7.34. The maximum atomic E-state index is 8.98. The molecule has 2 aromatic rings. The molecule has 3 heterocycles. The number of anilines is 2. The van der Waals surface area contributed by atoms with Crippen molar-refractivity contribution in [3.63, 3.8) is 0 Å². The summed E-state index contributed by atoms with van der Waals surface area (Å²) in [5.74, 6) is 1.66. The summed E-state index contributed by atoms with van der Waals surface area (Å²) in [6, 6.07) is 7.70. The maximum Gasteiger partial charge on any atom is 0.225 e. The number of hydrogen-bond acceptors (Lipinski definition) is 6. The quantitative estimate of drug-likeness (QED) is 0.839. The lowest BCUT2D eigenvalue weighted by molar-refractivity contribution is 0.633. The Labute approximate surface area is 130 Å². The van der Waals surface area contributed by atoms with Crippen LogP contribution in [0.4, 0.5) is 11.8 Å². The molecular formula is C16H18N6. The van der Waals surface area contributed by atoms with Crippen LogP contribution in [0.5, 0.6) is 0 Å². The zero-order chi connectivity index (χ0) is 15.5. The van der Waals surface area contributed by atoms with Crippen LogP contribution < -0.4 is 9.80 Å². The molecule has 0 spiro atoms. The highest BCUT2D eigenvalue weighted by Crippen LogP contribution is 2.17. The number of aryl methyl sites for hydroxylation is 2. The normalized spacial score (nSPS) is 14.8. The molecule has 6 nitrogen and oxygen atoms in total. The van der Waals surface area contributed by atoms with Gasteiger partial charge in [0.05, 0.1) is 11.6 Å². The van der Waals surface area contributed by atoms with Gasteiger partial charge in [0.25, 0.3) is 0 Å². The number of nitrogens with zero attached hydrogens (tertiary/aromatic N) is 6. The largest absolute Gasteiger partial charge is 0.353 e. The van der Waals surface area contributed by atoms with E-state index in [1.807, 2.05) is 26.0 Å². The molecule has 1 fully saturated rings. The molecule has 0 saturated carbocycles. The standard InChI is InChI=1S/C16H18N6/c1-12-9-13(2)20-16(19-12)22-7-5-21(6-8-22)15-10-14(11-17)3-4-18-15/h3-4,9-10H,5-8H2,1-2H3. The van der Waals surface area contributed by atoms with Gasteiger partial charge in [0, 0.05) is 43.8 Å². The van der Waals surface area contributed by atoms with Crippen molar-refractivity contribution in [2.45, 2.75) is 13.8 Å². The van der Waals surface area contributed by atoms with E-state index in [0.717, 1.165) is 49.3 Å². The second-order valence-electron chi connectivity index (χ2n) is 5.44. The Kier molecular flexibility index (Phi) is 3.88. The molecule has 22 heavy (non-hydrogen) atoms. The van der Waals surface area contributed by atoms with E-state index in [1.165, 1.54) is 0 Å². The molecule has 0 atom stereocenters. The van der Waals surface area contributed by atoms with Crippen LogP contribution in [0.2, 0.25) is 0 Å². The molecule has 0 radical (unpaired) electrons. The van der Waals surface area contributed by atoms with Gasteiger partial charge in [-0.2, -0.15) is 5.26 Å². The van der Waals surface area contributed by atoms with E-state index in [2.05, 4.69) is 30.8 Å². The topological polar surface area (TPSA) is 68.9 Å². The van der Waals surface area contributed by atoms with Crippen LogP contribution in [0.25, 0.3) is 0 Å². The van der Waals surface area contributed by atoms with Crippen molar-refractivity contribution in [3.05, 3.63) is 41.3 Å². The molecule has 6 heteroatoms. The Hall–Kier alpha value is -2.68. The average Bonchev–Trinajstić information content (AvgIpc) is 2.54. The smallest absolute Gasteiger partial charge is 0.225 e. The van der Waals surface area contributed by atoms with Gasteiger partial charge in [-0.1, -0.05) is 0 Å². The van der Waals surface area contributed by atoms with Gasteiger partial charge < -0.3 is 9.80 Å². The van der Waals surface area contributed by atoms with Crippen molar-refractivity contribution in [2.75, 3.05) is 36.0 Å². The summed E-state index contributed by atoms with van der Waals surface area (Å²) in [5.41, 5.74) is 2.63. The first kappa shape index (κ1) is 14.3. The van der Waals surface area contributed by atoms with Crippen LogP contribution in [-0.2, 0) is 0 Å². The van der Waals surface area contributed by atoms with Crippen LogP contribution in [0.15, 0.2) is 24.4 Å². The number of nitriles is 1. The van der Waals surface area contributed by atoms with Gasteiger partial charge in [0.15, 0.2) is 0 Å². The number of aromatic nitrogens is 3. The van der Waals surface area contributed by atoms with E-state index in [1.54, 1.807) is 12.3 Å². The van der Waals surface area contributed by atoms with E-state index >= 15 is 0 Å². The van der Waals surface area contributed by atoms with Crippen molar-refractivity contribution in [3.8, 4) is 6.07 Å². The molecule has 0 unspecified atom stereocenters. The van der Waals surface area contributed by atoms with Gasteiger partial charge in [0.1, 0.15) is 5.82 Å². The number of hydrogen-bond donors (Lipinski definition) is 0. The lowest BCUT2D eigenvalue weighted by Crippen LogP contribution is -2.47. The second kappa shape index (κ2) is 5.98. The van der Waals surface area contributed by atoms with Gasteiger partial charge in [0.2, 0.25) is 5.95 Å². The minimum absolute atomic E-state index is 0.644. The first-order chi connectivity index (χ1) is 10.7. The molecular weight excluding hydrogens is 276 g/mol. The summed E-state index contributed by atoms with van der Waals surface area (Å²) < 4.78 is 0. The number of piperazine rings is 1. The summed E-state index contributed by atoms with van der Waals surface area (Å²) in [6.45, 7) is 7.37. The fourth-order valence-electron chi connectivity index (χ4n) is 2.65. The Morgan fingerprint density at radius 3 is 2.27 bits per heavy atom. The van der Waals surface area contributed by atoms with E-state index < -0.39 is 0 Å². The molecule has 3 rings (SSSR count). The third-order valence-electron chi connectivity index (χ3n) is 3.73. The van der Waals surface area contributed by atoms with Crippen molar-refractivity contribution in [2.24, 2.45) is 0 Å². The Bertz CT molecular complexity index is 693.